The largest absolute Gasteiger partial charge is 0.382 e. The first-order valence-corrected chi connectivity index (χ1v) is 11.4. The van der Waals surface area contributed by atoms with E-state index in [9.17, 15) is 4.79 Å². The molecule has 0 radical (unpaired) electrons. The second-order valence-electron chi connectivity index (χ2n) is 6.39. The maximum absolute atomic E-state index is 11.5. The van der Waals surface area contributed by atoms with Gasteiger partial charge in [-0.1, -0.05) is 73.2 Å². The zero-order chi connectivity index (χ0) is 17.6. The lowest BCUT2D eigenvalue weighted by Crippen LogP contribution is -2.35. The van der Waals surface area contributed by atoms with Gasteiger partial charge in [0.05, 0.1) is 0 Å². The smallest absolute Gasteiger partial charge is 0.161 e. The lowest BCUT2D eigenvalue weighted by molar-refractivity contribution is 0.101. The Hall–Kier alpha value is -0.620. The Morgan fingerprint density at radius 2 is 1.50 bits per heavy atom. The summed E-state index contributed by atoms with van der Waals surface area (Å²) < 4.78 is 0. The van der Waals surface area contributed by atoms with E-state index in [0.717, 1.165) is 37.2 Å². The van der Waals surface area contributed by atoms with Crippen LogP contribution in [0.15, 0.2) is 24.3 Å². The highest BCUT2D eigenvalue weighted by molar-refractivity contribution is 14.1. The summed E-state index contributed by atoms with van der Waals surface area (Å²) in [5.74, 6) is 0.122. The minimum Gasteiger partial charge on any atom is -0.382 e. The van der Waals surface area contributed by atoms with Gasteiger partial charge in [-0.15, -0.1) is 0 Å². The molecule has 1 saturated carbocycles. The fourth-order valence-corrected chi connectivity index (χ4v) is 3.16. The molecule has 136 valence electrons. The minimum atomic E-state index is 0.122. The van der Waals surface area contributed by atoms with E-state index in [4.69, 9.17) is 0 Å². The fourth-order valence-electron chi connectivity index (χ4n) is 3.16. The van der Waals surface area contributed by atoms with Crippen LogP contribution in [-0.2, 0) is 0 Å². The number of carbonyl (C=O) groups is 1. The Morgan fingerprint density at radius 3 is 2.00 bits per heavy atom. The van der Waals surface area contributed by atoms with Crippen molar-refractivity contribution in [1.82, 2.24) is 5.32 Å². The fraction of sp³-hybridized carbons (Fsp3) is 0.650. The maximum Gasteiger partial charge on any atom is 0.161 e. The lowest BCUT2D eigenvalue weighted by atomic mass is 10.0. The van der Waals surface area contributed by atoms with Gasteiger partial charge in [0.25, 0.3) is 0 Å². The third-order valence-electron chi connectivity index (χ3n) is 4.51. The number of nitrogens with one attached hydrogen (secondary N) is 2. The number of rotatable bonds is 3. The minimum absolute atomic E-state index is 0.122. The number of ketones is 1. The SMILES string of the molecule is C1CCCCC1.CC(=O)c1ccccc1NC1CCNCC1.CI. The molecule has 3 nitrogen and oxygen atoms in total. The van der Waals surface area contributed by atoms with Crippen molar-refractivity contribution in [3.8, 4) is 0 Å². The van der Waals surface area contributed by atoms with Crippen molar-refractivity contribution in [2.24, 2.45) is 0 Å². The summed E-state index contributed by atoms with van der Waals surface area (Å²) in [6, 6.07) is 8.23. The van der Waals surface area contributed by atoms with Crippen LogP contribution in [0.4, 0.5) is 5.69 Å². The van der Waals surface area contributed by atoms with Gasteiger partial charge < -0.3 is 10.6 Å². The molecular formula is C20H33IN2O. The summed E-state index contributed by atoms with van der Waals surface area (Å²) in [7, 11) is 0. The van der Waals surface area contributed by atoms with Gasteiger partial charge in [-0.05, 0) is 49.9 Å². The molecule has 1 saturated heterocycles. The van der Waals surface area contributed by atoms with E-state index >= 15 is 0 Å². The molecule has 24 heavy (non-hydrogen) atoms. The Morgan fingerprint density at radius 1 is 1.00 bits per heavy atom. The first-order chi connectivity index (χ1) is 11.8. The van der Waals surface area contributed by atoms with Gasteiger partial charge in [-0.25, -0.2) is 0 Å². The molecule has 1 aliphatic carbocycles. The summed E-state index contributed by atoms with van der Waals surface area (Å²) in [5, 5.41) is 6.80. The first-order valence-electron chi connectivity index (χ1n) is 9.22. The predicted molar refractivity (Wildman–Crippen MR) is 114 cm³/mol. The molecule has 1 aromatic carbocycles. The van der Waals surface area contributed by atoms with E-state index in [-0.39, 0.29) is 5.78 Å². The number of hydrogen-bond acceptors (Lipinski definition) is 3. The summed E-state index contributed by atoms with van der Waals surface area (Å²) in [5.41, 5.74) is 1.77. The van der Waals surface area contributed by atoms with E-state index in [2.05, 4.69) is 33.2 Å². The van der Waals surface area contributed by atoms with Gasteiger partial charge >= 0.3 is 0 Å². The van der Waals surface area contributed by atoms with Gasteiger partial charge in [-0.2, -0.15) is 0 Å². The Bertz CT molecular complexity index is 443. The number of piperidine rings is 1. The maximum atomic E-state index is 11.5. The molecule has 2 fully saturated rings. The van der Waals surface area contributed by atoms with E-state index < -0.39 is 0 Å². The molecule has 2 aliphatic rings. The van der Waals surface area contributed by atoms with Crippen LogP contribution in [-0.4, -0.2) is 29.8 Å². The van der Waals surface area contributed by atoms with Crippen LogP contribution in [0.5, 0.6) is 0 Å². The molecule has 0 spiro atoms. The van der Waals surface area contributed by atoms with Crippen molar-refractivity contribution in [2.75, 3.05) is 23.3 Å². The van der Waals surface area contributed by atoms with E-state index in [1.54, 1.807) is 6.92 Å². The van der Waals surface area contributed by atoms with Crippen LogP contribution in [0, 0.1) is 0 Å². The van der Waals surface area contributed by atoms with E-state index in [1.165, 1.54) is 38.5 Å². The third kappa shape index (κ3) is 8.47. The standard InChI is InChI=1S/C13H18N2O.C6H12.CH3I/c1-10(16)12-4-2-3-5-13(12)15-11-6-8-14-9-7-11;1-2-4-6-5-3-1;1-2/h2-5,11,14-15H,6-9H2,1H3;1-6H2;1H3. The highest BCUT2D eigenvalue weighted by Gasteiger charge is 2.14. The van der Waals surface area contributed by atoms with Crippen molar-refractivity contribution in [3.05, 3.63) is 29.8 Å². The van der Waals surface area contributed by atoms with E-state index in [1.807, 2.05) is 29.2 Å². The zero-order valence-electron chi connectivity index (χ0n) is 15.2. The van der Waals surface area contributed by atoms with Crippen LogP contribution in [0.1, 0.15) is 68.6 Å². The van der Waals surface area contributed by atoms with Crippen molar-refractivity contribution < 1.29 is 4.79 Å². The first kappa shape index (κ1) is 21.4. The molecule has 1 aliphatic heterocycles. The number of carbonyl (C=O) groups excluding carboxylic acids is 1. The topological polar surface area (TPSA) is 41.1 Å². The van der Waals surface area contributed by atoms with Gasteiger partial charge in [-0.3, -0.25) is 4.79 Å². The predicted octanol–water partition coefficient (Wildman–Crippen LogP) is 5.44. The summed E-state index contributed by atoms with van der Waals surface area (Å²) >= 11 is 2.15. The molecule has 1 aromatic rings. The second kappa shape index (κ2) is 13.6. The highest BCUT2D eigenvalue weighted by Crippen LogP contribution is 2.19. The van der Waals surface area contributed by atoms with Crippen LogP contribution in [0.2, 0.25) is 0 Å². The van der Waals surface area contributed by atoms with Gasteiger partial charge in [0.2, 0.25) is 0 Å². The van der Waals surface area contributed by atoms with Crippen molar-refractivity contribution >= 4 is 34.1 Å². The van der Waals surface area contributed by atoms with Crippen molar-refractivity contribution in [3.63, 3.8) is 0 Å². The molecule has 0 aromatic heterocycles. The second-order valence-corrected chi connectivity index (χ2v) is 6.39. The summed E-state index contributed by atoms with van der Waals surface area (Å²) in [4.78, 5) is 13.4. The van der Waals surface area contributed by atoms with Crippen LogP contribution < -0.4 is 10.6 Å². The van der Waals surface area contributed by atoms with Gasteiger partial charge in [0.15, 0.2) is 5.78 Å². The summed E-state index contributed by atoms with van der Waals surface area (Å²) in [6.07, 6.45) is 11.2. The highest BCUT2D eigenvalue weighted by atomic mass is 127. The van der Waals surface area contributed by atoms with E-state index in [0.29, 0.717) is 6.04 Å². The molecule has 2 N–H and O–H groups in total. The monoisotopic (exact) mass is 444 g/mol. The quantitative estimate of drug-likeness (QED) is 0.370. The molecule has 4 heteroatoms. The molecule has 1 heterocycles. The Balaban J connectivity index is 0.000000300. The number of benzene rings is 1. The van der Waals surface area contributed by atoms with Crippen LogP contribution in [0.3, 0.4) is 0 Å². The normalized spacial score (nSPS) is 17.6. The number of Topliss-reactive ketones (excluding diaryl/α,β-unsaturated/α-hetero) is 1. The van der Waals surface area contributed by atoms with Crippen molar-refractivity contribution in [1.29, 1.82) is 0 Å². The van der Waals surface area contributed by atoms with Gasteiger partial charge in [0.1, 0.15) is 0 Å². The molecule has 0 unspecified atom stereocenters. The summed E-state index contributed by atoms with van der Waals surface area (Å²) in [6.45, 7) is 3.72. The zero-order valence-corrected chi connectivity index (χ0v) is 17.4. The number of para-hydroxylation sites is 1. The Labute approximate surface area is 161 Å². The number of anilines is 1. The van der Waals surface area contributed by atoms with Crippen LogP contribution in [0.25, 0.3) is 0 Å². The molecular weight excluding hydrogens is 411 g/mol. The third-order valence-corrected chi connectivity index (χ3v) is 4.51. The molecule has 0 atom stereocenters. The molecule has 3 rings (SSSR count). The number of halogens is 1. The number of alkyl halides is 1. The lowest BCUT2D eigenvalue weighted by Gasteiger charge is -2.25. The average Bonchev–Trinajstić information content (AvgIpc) is 2.66. The van der Waals surface area contributed by atoms with Crippen molar-refractivity contribution in [2.45, 2.75) is 64.3 Å². The molecule has 0 bridgehead atoms. The average molecular weight is 444 g/mol. The van der Waals surface area contributed by atoms with Gasteiger partial charge in [0, 0.05) is 17.3 Å². The Kier molecular flexibility index (Phi) is 12.2. The molecule has 0 amide bonds. The van der Waals surface area contributed by atoms with Crippen LogP contribution >= 0.6 is 22.6 Å². The number of hydrogen-bond donors (Lipinski definition) is 2.